The molecule has 0 bridgehead atoms. The zero-order valence-corrected chi connectivity index (χ0v) is 26.3. The summed E-state index contributed by atoms with van der Waals surface area (Å²) in [7, 11) is 0. The summed E-state index contributed by atoms with van der Waals surface area (Å²) in [6.45, 7) is 2.00. The van der Waals surface area contributed by atoms with E-state index in [1.807, 2.05) is 31.2 Å². The maximum Gasteiger partial charge on any atom is 0.573 e. The third-order valence-electron chi connectivity index (χ3n) is 5.76. The van der Waals surface area contributed by atoms with Gasteiger partial charge in [0, 0.05) is 17.1 Å². The molecular formula is C28H17F6I3O2. The number of benzene rings is 4. The lowest BCUT2D eigenvalue weighted by atomic mass is 9.95. The Hall–Kier alpha value is -1.75. The summed E-state index contributed by atoms with van der Waals surface area (Å²) in [5.41, 5.74) is 6.62. The molecule has 4 aromatic carbocycles. The van der Waals surface area contributed by atoms with Gasteiger partial charge in [-0.2, -0.15) is 0 Å². The number of hydrogen-bond donors (Lipinski definition) is 0. The highest BCUT2D eigenvalue weighted by molar-refractivity contribution is 14.1. The van der Waals surface area contributed by atoms with Crippen LogP contribution in [0.15, 0.2) is 72.8 Å². The van der Waals surface area contributed by atoms with Crippen molar-refractivity contribution >= 4 is 67.8 Å². The first-order valence-corrected chi connectivity index (χ1v) is 14.4. The van der Waals surface area contributed by atoms with Crippen LogP contribution in [0.3, 0.4) is 0 Å². The number of halogens is 9. The van der Waals surface area contributed by atoms with E-state index in [0.717, 1.165) is 49.7 Å². The summed E-state index contributed by atoms with van der Waals surface area (Å²) in [6.07, 6.45) is -8.81. The number of rotatable bonds is 6. The van der Waals surface area contributed by atoms with Gasteiger partial charge >= 0.3 is 12.7 Å². The van der Waals surface area contributed by atoms with Crippen molar-refractivity contribution in [3.8, 4) is 33.8 Å². The van der Waals surface area contributed by atoms with E-state index in [9.17, 15) is 26.3 Å². The van der Waals surface area contributed by atoms with E-state index in [2.05, 4.69) is 77.2 Å². The third kappa shape index (κ3) is 8.15. The summed E-state index contributed by atoms with van der Waals surface area (Å²) < 4.78 is 85.7. The Morgan fingerprint density at radius 3 is 1.26 bits per heavy atom. The second kappa shape index (κ2) is 12.0. The molecule has 2 nitrogen and oxygen atoms in total. The Morgan fingerprint density at radius 2 is 0.897 bits per heavy atom. The Labute approximate surface area is 261 Å². The molecule has 0 saturated carbocycles. The van der Waals surface area contributed by atoms with Crippen molar-refractivity contribution in [2.45, 2.75) is 26.1 Å². The molecule has 204 valence electrons. The van der Waals surface area contributed by atoms with Gasteiger partial charge < -0.3 is 9.47 Å². The average Bonchev–Trinajstić information content (AvgIpc) is 2.81. The van der Waals surface area contributed by atoms with Crippen molar-refractivity contribution in [3.63, 3.8) is 0 Å². The van der Waals surface area contributed by atoms with Gasteiger partial charge in [0.1, 0.15) is 11.5 Å². The minimum Gasteiger partial charge on any atom is -0.406 e. The van der Waals surface area contributed by atoms with Crippen molar-refractivity contribution in [2.75, 3.05) is 0 Å². The molecule has 39 heavy (non-hydrogen) atoms. The van der Waals surface area contributed by atoms with E-state index in [1.165, 1.54) is 24.3 Å². The van der Waals surface area contributed by atoms with Gasteiger partial charge in [-0.3, -0.25) is 0 Å². The van der Waals surface area contributed by atoms with Crippen LogP contribution in [-0.4, -0.2) is 12.7 Å². The van der Waals surface area contributed by atoms with Crippen LogP contribution in [0.5, 0.6) is 11.5 Å². The van der Waals surface area contributed by atoms with Crippen LogP contribution in [0.2, 0.25) is 0 Å². The van der Waals surface area contributed by atoms with Gasteiger partial charge in [0.2, 0.25) is 0 Å². The molecule has 0 spiro atoms. The van der Waals surface area contributed by atoms with Crippen LogP contribution in [-0.2, 0) is 6.42 Å². The van der Waals surface area contributed by atoms with E-state index >= 15 is 0 Å². The van der Waals surface area contributed by atoms with Gasteiger partial charge in [-0.25, -0.2) is 0 Å². The molecule has 0 unspecified atom stereocenters. The normalized spacial score (nSPS) is 11.9. The van der Waals surface area contributed by atoms with Crippen molar-refractivity contribution in [3.05, 3.63) is 100 Å². The summed E-state index contributed by atoms with van der Waals surface area (Å²) in [6, 6.07) is 19.6. The van der Waals surface area contributed by atoms with E-state index < -0.39 is 12.7 Å². The Kier molecular flexibility index (Phi) is 9.30. The fraction of sp³-hybridized carbons (Fsp3) is 0.143. The lowest BCUT2D eigenvalue weighted by Gasteiger charge is -2.16. The van der Waals surface area contributed by atoms with Crippen LogP contribution in [0.1, 0.15) is 16.7 Å². The lowest BCUT2D eigenvalue weighted by molar-refractivity contribution is -0.275. The maximum atomic E-state index is 12.5. The monoisotopic (exact) mass is 880 g/mol. The molecule has 4 aromatic rings. The maximum absolute atomic E-state index is 12.5. The average molecular weight is 880 g/mol. The fourth-order valence-electron chi connectivity index (χ4n) is 3.98. The predicted octanol–water partition coefficient (Wildman–Crippen LogP) is 10.5. The molecule has 0 radical (unpaired) electrons. The molecule has 11 heteroatoms. The molecule has 0 saturated heterocycles. The largest absolute Gasteiger partial charge is 0.573 e. The predicted molar refractivity (Wildman–Crippen MR) is 163 cm³/mol. The summed E-state index contributed by atoms with van der Waals surface area (Å²) in [4.78, 5) is 0. The van der Waals surface area contributed by atoms with Gasteiger partial charge in [0.05, 0.1) is 0 Å². The summed E-state index contributed by atoms with van der Waals surface area (Å²) >= 11 is 6.81. The Morgan fingerprint density at radius 1 is 0.538 bits per heavy atom. The highest BCUT2D eigenvalue weighted by Gasteiger charge is 2.31. The molecule has 0 heterocycles. The smallest absolute Gasteiger partial charge is 0.406 e. The lowest BCUT2D eigenvalue weighted by Crippen LogP contribution is -2.16. The molecule has 0 aromatic heterocycles. The molecule has 0 aliphatic heterocycles. The topological polar surface area (TPSA) is 18.5 Å². The Bertz CT molecular complexity index is 1320. The second-order valence-corrected chi connectivity index (χ2v) is 12.0. The van der Waals surface area contributed by atoms with Gasteiger partial charge in [-0.15, -0.1) is 26.3 Å². The number of aryl methyl sites for hydroxylation is 1. The summed E-state index contributed by atoms with van der Waals surface area (Å²) in [5.74, 6) is -0.543. The van der Waals surface area contributed by atoms with E-state index in [0.29, 0.717) is 6.42 Å². The molecular weight excluding hydrogens is 863 g/mol. The van der Waals surface area contributed by atoms with Crippen molar-refractivity contribution in [1.82, 2.24) is 0 Å². The quantitative estimate of drug-likeness (QED) is 0.142. The van der Waals surface area contributed by atoms with Crippen molar-refractivity contribution in [2.24, 2.45) is 0 Å². The van der Waals surface area contributed by atoms with Gasteiger partial charge in [0.25, 0.3) is 0 Å². The molecule has 0 amide bonds. The number of hydrogen-bond acceptors (Lipinski definition) is 2. The van der Waals surface area contributed by atoms with Gasteiger partial charge in [0.15, 0.2) is 0 Å². The summed E-state index contributed by atoms with van der Waals surface area (Å²) in [5, 5.41) is 0. The van der Waals surface area contributed by atoms with E-state index in [4.69, 9.17) is 0 Å². The first-order chi connectivity index (χ1) is 18.2. The van der Waals surface area contributed by atoms with Crippen molar-refractivity contribution in [1.29, 1.82) is 0 Å². The van der Waals surface area contributed by atoms with Crippen LogP contribution in [0, 0.1) is 17.6 Å². The molecule has 4 rings (SSSR count). The van der Waals surface area contributed by atoms with E-state index in [1.54, 1.807) is 24.3 Å². The molecule has 0 aliphatic rings. The standard InChI is InChI=1S/C28H17F6I3O2/c1-15-10-18(16-2-6-20(7-3-16)38-27(29,30)31)11-24(35)22(15)14-23-25(36)12-19(13-26(23)37)17-4-8-21(9-5-17)39-28(32,33)34/h2-13H,14H2,1H3. The van der Waals surface area contributed by atoms with Gasteiger partial charge in [-0.1, -0.05) is 30.3 Å². The molecule has 0 aliphatic carbocycles. The first kappa shape index (κ1) is 30.2. The Balaban J connectivity index is 1.56. The molecule has 0 N–H and O–H groups in total. The van der Waals surface area contributed by atoms with E-state index in [-0.39, 0.29) is 11.5 Å². The SMILES string of the molecule is Cc1cc(-c2ccc(OC(F)(F)F)cc2)cc(I)c1Cc1c(I)cc(-c2ccc(OC(F)(F)F)cc2)cc1I. The third-order valence-corrected chi connectivity index (χ3v) is 8.64. The highest BCUT2D eigenvalue weighted by Crippen LogP contribution is 2.35. The van der Waals surface area contributed by atoms with Gasteiger partial charge in [-0.05, 0) is 156 Å². The number of ether oxygens (including phenoxy) is 2. The first-order valence-electron chi connectivity index (χ1n) is 11.2. The zero-order valence-electron chi connectivity index (χ0n) is 19.9. The van der Waals surface area contributed by atoms with Crippen LogP contribution >= 0.6 is 67.8 Å². The highest BCUT2D eigenvalue weighted by atomic mass is 127. The minimum atomic E-state index is -4.74. The fourth-order valence-corrected chi connectivity index (χ4v) is 7.08. The molecule has 0 fully saturated rings. The second-order valence-electron chi connectivity index (χ2n) is 8.49. The molecule has 0 atom stereocenters. The number of alkyl halides is 6. The van der Waals surface area contributed by atoms with Crippen LogP contribution < -0.4 is 9.47 Å². The zero-order chi connectivity index (χ0) is 28.5. The minimum absolute atomic E-state index is 0.271. The van der Waals surface area contributed by atoms with Crippen molar-refractivity contribution < 1.29 is 35.8 Å². The van der Waals surface area contributed by atoms with Crippen LogP contribution in [0.25, 0.3) is 22.3 Å². The van der Waals surface area contributed by atoms with Crippen LogP contribution in [0.4, 0.5) is 26.3 Å².